The third kappa shape index (κ3) is 2.56. The van der Waals surface area contributed by atoms with E-state index in [0.717, 1.165) is 6.42 Å². The van der Waals surface area contributed by atoms with Gasteiger partial charge in [-0.15, -0.1) is 0 Å². The minimum atomic E-state index is 1.04. The zero-order valence-corrected chi connectivity index (χ0v) is 9.12. The normalized spacial score (nSPS) is 12.4. The zero-order valence-electron chi connectivity index (χ0n) is 9.12. The number of pyridine rings is 1. The molecule has 0 saturated carbocycles. The molecular formula is C13H17N. The Morgan fingerprint density at radius 2 is 2.14 bits per heavy atom. The minimum absolute atomic E-state index is 1.04. The molecule has 1 heterocycles. The van der Waals surface area contributed by atoms with Gasteiger partial charge in [0.25, 0.3) is 0 Å². The van der Waals surface area contributed by atoms with E-state index in [4.69, 9.17) is 0 Å². The number of hydrogen-bond donors (Lipinski definition) is 0. The Labute approximate surface area is 86.2 Å². The first-order valence-corrected chi connectivity index (χ1v) is 5.05. The van der Waals surface area contributed by atoms with E-state index in [1.54, 1.807) is 0 Å². The molecule has 1 nitrogen and oxygen atoms in total. The highest BCUT2D eigenvalue weighted by molar-refractivity contribution is 5.73. The first-order valence-electron chi connectivity index (χ1n) is 5.05. The highest BCUT2D eigenvalue weighted by Gasteiger charge is 1.97. The van der Waals surface area contributed by atoms with Gasteiger partial charge >= 0.3 is 0 Å². The molecule has 0 aliphatic rings. The van der Waals surface area contributed by atoms with Gasteiger partial charge < -0.3 is 0 Å². The van der Waals surface area contributed by atoms with E-state index in [1.807, 2.05) is 32.3 Å². The molecule has 0 aliphatic carbocycles. The maximum Gasteiger partial charge on any atom is 0.0346 e. The standard InChI is InChI=1S/C13H17N/c1-4-7-12(6-3)13-8-11(5-2)9-14-10-13/h4,6-10H,5H2,1-3H3/b7-4-,12-6+. The average molecular weight is 187 g/mol. The lowest BCUT2D eigenvalue weighted by atomic mass is 10.0. The predicted octanol–water partition coefficient (Wildman–Crippen LogP) is 3.62. The van der Waals surface area contributed by atoms with E-state index >= 15 is 0 Å². The Morgan fingerprint density at radius 1 is 1.36 bits per heavy atom. The van der Waals surface area contributed by atoms with Crippen molar-refractivity contribution in [2.24, 2.45) is 0 Å². The second kappa shape index (κ2) is 5.38. The molecule has 1 aromatic heterocycles. The molecule has 0 fully saturated rings. The molecule has 0 N–H and O–H groups in total. The fraction of sp³-hybridized carbons (Fsp3) is 0.308. The highest BCUT2D eigenvalue weighted by atomic mass is 14.6. The summed E-state index contributed by atoms with van der Waals surface area (Å²) in [6, 6.07) is 2.20. The predicted molar refractivity (Wildman–Crippen MR) is 62.1 cm³/mol. The molecule has 1 rings (SSSR count). The van der Waals surface area contributed by atoms with Crippen LogP contribution in [0.15, 0.2) is 36.7 Å². The van der Waals surface area contributed by atoms with Crippen molar-refractivity contribution in [1.82, 2.24) is 4.98 Å². The summed E-state index contributed by atoms with van der Waals surface area (Å²) in [5, 5.41) is 0. The number of rotatable bonds is 3. The van der Waals surface area contributed by atoms with Crippen molar-refractivity contribution in [1.29, 1.82) is 0 Å². The third-order valence-corrected chi connectivity index (χ3v) is 2.19. The molecule has 14 heavy (non-hydrogen) atoms. The van der Waals surface area contributed by atoms with Gasteiger partial charge in [-0.3, -0.25) is 4.98 Å². The number of aromatic nitrogens is 1. The quantitative estimate of drug-likeness (QED) is 0.658. The van der Waals surface area contributed by atoms with Gasteiger partial charge in [0.2, 0.25) is 0 Å². The molecule has 0 unspecified atom stereocenters. The lowest BCUT2D eigenvalue weighted by Gasteiger charge is -2.03. The summed E-state index contributed by atoms with van der Waals surface area (Å²) in [6.07, 6.45) is 11.1. The van der Waals surface area contributed by atoms with Crippen LogP contribution >= 0.6 is 0 Å². The smallest absolute Gasteiger partial charge is 0.0346 e. The molecule has 0 aliphatic heterocycles. The van der Waals surface area contributed by atoms with Gasteiger partial charge in [-0.1, -0.05) is 25.2 Å². The van der Waals surface area contributed by atoms with Crippen molar-refractivity contribution in [2.45, 2.75) is 27.2 Å². The molecular weight excluding hydrogens is 170 g/mol. The minimum Gasteiger partial charge on any atom is -0.264 e. The van der Waals surface area contributed by atoms with E-state index in [2.05, 4.69) is 30.1 Å². The van der Waals surface area contributed by atoms with Gasteiger partial charge in [0.1, 0.15) is 0 Å². The molecule has 1 heteroatoms. The molecule has 0 radical (unpaired) electrons. The summed E-state index contributed by atoms with van der Waals surface area (Å²) in [6.45, 7) is 6.22. The first-order chi connectivity index (χ1) is 6.81. The highest BCUT2D eigenvalue weighted by Crippen LogP contribution is 2.16. The van der Waals surface area contributed by atoms with Crippen LogP contribution in [0.3, 0.4) is 0 Å². The van der Waals surface area contributed by atoms with Gasteiger partial charge in [-0.05, 0) is 43.0 Å². The Hall–Kier alpha value is -1.37. The van der Waals surface area contributed by atoms with Crippen LogP contribution in [0.2, 0.25) is 0 Å². The molecule has 0 atom stereocenters. The van der Waals surface area contributed by atoms with Crippen molar-refractivity contribution in [3.05, 3.63) is 47.8 Å². The van der Waals surface area contributed by atoms with Crippen LogP contribution < -0.4 is 0 Å². The van der Waals surface area contributed by atoms with Crippen LogP contribution in [0.5, 0.6) is 0 Å². The molecule has 0 amide bonds. The van der Waals surface area contributed by atoms with E-state index in [1.165, 1.54) is 16.7 Å². The maximum absolute atomic E-state index is 4.23. The van der Waals surface area contributed by atoms with Gasteiger partial charge in [0.05, 0.1) is 0 Å². The lowest BCUT2D eigenvalue weighted by Crippen LogP contribution is -1.87. The second-order valence-corrected chi connectivity index (χ2v) is 3.18. The summed E-state index contributed by atoms with van der Waals surface area (Å²) in [5.41, 5.74) is 3.71. The van der Waals surface area contributed by atoms with Crippen LogP contribution in [0, 0.1) is 0 Å². The van der Waals surface area contributed by atoms with Crippen molar-refractivity contribution < 1.29 is 0 Å². The van der Waals surface area contributed by atoms with E-state index in [-0.39, 0.29) is 0 Å². The zero-order chi connectivity index (χ0) is 10.4. The maximum atomic E-state index is 4.23. The summed E-state index contributed by atoms with van der Waals surface area (Å²) < 4.78 is 0. The van der Waals surface area contributed by atoms with Gasteiger partial charge in [-0.2, -0.15) is 0 Å². The van der Waals surface area contributed by atoms with Crippen LogP contribution in [0.4, 0.5) is 0 Å². The first kappa shape index (κ1) is 10.7. The number of allylic oxidation sites excluding steroid dienone is 4. The van der Waals surface area contributed by atoms with Crippen LogP contribution in [0.25, 0.3) is 5.57 Å². The van der Waals surface area contributed by atoms with Crippen LogP contribution in [-0.2, 0) is 6.42 Å². The Balaban J connectivity index is 3.05. The summed E-state index contributed by atoms with van der Waals surface area (Å²) in [5.74, 6) is 0. The van der Waals surface area contributed by atoms with Gasteiger partial charge in [0.15, 0.2) is 0 Å². The van der Waals surface area contributed by atoms with Crippen molar-refractivity contribution in [3.63, 3.8) is 0 Å². The number of nitrogens with zero attached hydrogens (tertiary/aromatic N) is 1. The van der Waals surface area contributed by atoms with Crippen LogP contribution in [0.1, 0.15) is 31.9 Å². The molecule has 1 aromatic rings. The average Bonchev–Trinajstić information content (AvgIpc) is 2.26. The molecule has 0 saturated heterocycles. The van der Waals surface area contributed by atoms with Crippen LogP contribution in [-0.4, -0.2) is 4.98 Å². The second-order valence-electron chi connectivity index (χ2n) is 3.18. The van der Waals surface area contributed by atoms with Crippen molar-refractivity contribution in [3.8, 4) is 0 Å². The largest absolute Gasteiger partial charge is 0.264 e. The van der Waals surface area contributed by atoms with Gasteiger partial charge in [0, 0.05) is 12.4 Å². The third-order valence-electron chi connectivity index (χ3n) is 2.19. The van der Waals surface area contributed by atoms with E-state index in [9.17, 15) is 0 Å². The summed E-state index contributed by atoms with van der Waals surface area (Å²) in [7, 11) is 0. The molecule has 0 bridgehead atoms. The van der Waals surface area contributed by atoms with E-state index in [0.29, 0.717) is 0 Å². The van der Waals surface area contributed by atoms with Crippen molar-refractivity contribution in [2.75, 3.05) is 0 Å². The number of aryl methyl sites for hydroxylation is 1. The molecule has 74 valence electrons. The lowest BCUT2D eigenvalue weighted by molar-refractivity contribution is 1.10. The van der Waals surface area contributed by atoms with Crippen molar-refractivity contribution >= 4 is 5.57 Å². The fourth-order valence-electron chi connectivity index (χ4n) is 1.38. The molecule has 0 spiro atoms. The fourth-order valence-corrected chi connectivity index (χ4v) is 1.38. The van der Waals surface area contributed by atoms with Gasteiger partial charge in [-0.25, -0.2) is 0 Å². The Bertz CT molecular complexity index is 348. The summed E-state index contributed by atoms with van der Waals surface area (Å²) in [4.78, 5) is 4.23. The Kier molecular flexibility index (Phi) is 4.11. The summed E-state index contributed by atoms with van der Waals surface area (Å²) >= 11 is 0. The monoisotopic (exact) mass is 187 g/mol. The SMILES string of the molecule is C/C=C\C(=C/C)c1cncc(CC)c1. The Morgan fingerprint density at radius 3 is 2.71 bits per heavy atom. The number of hydrogen-bond acceptors (Lipinski definition) is 1. The topological polar surface area (TPSA) is 12.9 Å². The molecule has 0 aromatic carbocycles. The van der Waals surface area contributed by atoms with E-state index < -0.39 is 0 Å².